The Bertz CT molecular complexity index is 1160. The third kappa shape index (κ3) is 4.50. The highest BCUT2D eigenvalue weighted by atomic mass is 32.2. The van der Waals surface area contributed by atoms with Crippen molar-refractivity contribution >= 4 is 39.2 Å². The lowest BCUT2D eigenvalue weighted by atomic mass is 9.96. The number of hydrogen-bond donors (Lipinski definition) is 0. The third-order valence-corrected chi connectivity index (χ3v) is 7.76. The fourth-order valence-electron chi connectivity index (χ4n) is 3.79. The van der Waals surface area contributed by atoms with Gasteiger partial charge in [0.25, 0.3) is 5.91 Å². The largest absolute Gasteiger partial charge is 0.339 e. The van der Waals surface area contributed by atoms with Crippen molar-refractivity contribution in [3.63, 3.8) is 0 Å². The zero-order chi connectivity index (χ0) is 21.2. The zero-order valence-corrected chi connectivity index (χ0v) is 18.8. The highest BCUT2D eigenvalue weighted by Gasteiger charge is 2.27. The highest BCUT2D eigenvalue weighted by molar-refractivity contribution is 8.00. The van der Waals surface area contributed by atoms with E-state index in [0.717, 1.165) is 34.0 Å². The minimum absolute atomic E-state index is 0.0885. The van der Waals surface area contributed by atoms with Crippen LogP contribution in [0.3, 0.4) is 0 Å². The first-order chi connectivity index (χ1) is 15.2. The average Bonchev–Trinajstić information content (AvgIpc) is 3.43. The third-order valence-electron chi connectivity index (χ3n) is 5.51. The lowest BCUT2D eigenvalue weighted by Gasteiger charge is -2.30. The van der Waals surface area contributed by atoms with E-state index in [1.807, 2.05) is 54.3 Å². The number of rotatable bonds is 5. The van der Waals surface area contributed by atoms with Crippen molar-refractivity contribution in [2.45, 2.75) is 35.8 Å². The Hall–Kier alpha value is -2.71. The van der Waals surface area contributed by atoms with Gasteiger partial charge in [0, 0.05) is 30.3 Å². The molecule has 0 radical (unpaired) electrons. The molecular weight excluding hydrogens is 428 g/mol. The predicted molar refractivity (Wildman–Crippen MR) is 123 cm³/mol. The Labute approximate surface area is 188 Å². The van der Waals surface area contributed by atoms with Crippen LogP contribution in [0.2, 0.25) is 0 Å². The number of aromatic nitrogens is 3. The summed E-state index contributed by atoms with van der Waals surface area (Å²) < 4.78 is 7.58. The molecule has 1 saturated heterocycles. The Morgan fingerprint density at radius 1 is 1.13 bits per heavy atom. The van der Waals surface area contributed by atoms with Crippen LogP contribution >= 0.6 is 23.1 Å². The maximum absolute atomic E-state index is 12.9. The number of thioether (sulfide) groups is 1. The van der Waals surface area contributed by atoms with Crippen LogP contribution in [0.5, 0.6) is 0 Å². The van der Waals surface area contributed by atoms with Gasteiger partial charge in [-0.05, 0) is 49.6 Å². The molecule has 6 nitrogen and oxygen atoms in total. The SMILES string of the molecule is Cc1noc(C2CCN(C(=O)c3ccc(CSc4nc5ccccc5s4)cc3)CC2)n1. The highest BCUT2D eigenvalue weighted by Crippen LogP contribution is 2.31. The monoisotopic (exact) mass is 450 g/mol. The number of piperidine rings is 1. The number of fused-ring (bicyclic) bond motifs is 1. The van der Waals surface area contributed by atoms with Gasteiger partial charge in [-0.25, -0.2) is 4.98 Å². The molecule has 3 heterocycles. The Kier molecular flexibility index (Phi) is 5.74. The molecule has 0 saturated carbocycles. The molecule has 0 atom stereocenters. The normalized spacial score (nSPS) is 14.9. The van der Waals surface area contributed by atoms with Crippen LogP contribution in [0.15, 0.2) is 57.4 Å². The van der Waals surface area contributed by atoms with Gasteiger partial charge >= 0.3 is 0 Å². The number of benzene rings is 2. The van der Waals surface area contributed by atoms with Crippen molar-refractivity contribution in [1.82, 2.24) is 20.0 Å². The van der Waals surface area contributed by atoms with E-state index in [2.05, 4.69) is 21.2 Å². The van der Waals surface area contributed by atoms with E-state index < -0.39 is 0 Å². The minimum atomic E-state index is 0.0885. The molecule has 2 aromatic carbocycles. The maximum Gasteiger partial charge on any atom is 0.253 e. The first kappa shape index (κ1) is 20.2. The number of thiazole rings is 1. The molecule has 5 rings (SSSR count). The second kappa shape index (κ2) is 8.80. The summed E-state index contributed by atoms with van der Waals surface area (Å²) in [6.45, 7) is 3.24. The molecule has 1 aliphatic heterocycles. The summed E-state index contributed by atoms with van der Waals surface area (Å²) in [7, 11) is 0. The number of amides is 1. The van der Waals surface area contributed by atoms with Crippen molar-refractivity contribution in [3.8, 4) is 0 Å². The van der Waals surface area contributed by atoms with Crippen LogP contribution in [0, 0.1) is 6.92 Å². The standard InChI is InChI=1S/C23H22N4O2S2/c1-15-24-21(29-26-15)17-10-12-27(13-11-17)22(28)18-8-6-16(7-9-18)14-30-23-25-19-4-2-3-5-20(19)31-23/h2-9,17H,10-14H2,1H3. The van der Waals surface area contributed by atoms with Gasteiger partial charge in [0.1, 0.15) is 0 Å². The minimum Gasteiger partial charge on any atom is -0.339 e. The van der Waals surface area contributed by atoms with Gasteiger partial charge in [-0.3, -0.25) is 4.79 Å². The fourth-order valence-corrected chi connectivity index (χ4v) is 5.82. The number of carbonyl (C=O) groups is 1. The summed E-state index contributed by atoms with van der Waals surface area (Å²) >= 11 is 3.45. The molecule has 2 aromatic heterocycles. The van der Waals surface area contributed by atoms with E-state index in [1.165, 1.54) is 10.3 Å². The summed E-state index contributed by atoms with van der Waals surface area (Å²) in [5, 5.41) is 3.88. The molecule has 0 N–H and O–H groups in total. The number of aryl methyl sites for hydroxylation is 1. The van der Waals surface area contributed by atoms with E-state index in [4.69, 9.17) is 4.52 Å². The quantitative estimate of drug-likeness (QED) is 0.384. The molecular formula is C23H22N4O2S2. The first-order valence-electron chi connectivity index (χ1n) is 10.3. The fraction of sp³-hybridized carbons (Fsp3) is 0.304. The summed E-state index contributed by atoms with van der Waals surface area (Å²) in [6.07, 6.45) is 1.70. The Balaban J connectivity index is 1.16. The van der Waals surface area contributed by atoms with Crippen LogP contribution in [-0.2, 0) is 5.75 Å². The van der Waals surface area contributed by atoms with Gasteiger partial charge in [0.2, 0.25) is 5.89 Å². The number of para-hydroxylation sites is 1. The predicted octanol–water partition coefficient (Wildman–Crippen LogP) is 5.30. The molecule has 1 aliphatic rings. The van der Waals surface area contributed by atoms with E-state index in [1.54, 1.807) is 23.1 Å². The molecule has 0 bridgehead atoms. The molecule has 0 unspecified atom stereocenters. The molecule has 1 fully saturated rings. The molecule has 0 aliphatic carbocycles. The van der Waals surface area contributed by atoms with Gasteiger partial charge in [0.05, 0.1) is 10.2 Å². The summed E-state index contributed by atoms with van der Waals surface area (Å²) in [5.74, 6) is 2.52. The van der Waals surface area contributed by atoms with Crippen molar-refractivity contribution < 1.29 is 9.32 Å². The number of hydrogen-bond acceptors (Lipinski definition) is 7. The topological polar surface area (TPSA) is 72.1 Å². The lowest BCUT2D eigenvalue weighted by Crippen LogP contribution is -2.38. The number of nitrogens with zero attached hydrogens (tertiary/aromatic N) is 4. The molecule has 1 amide bonds. The van der Waals surface area contributed by atoms with E-state index in [0.29, 0.717) is 24.8 Å². The van der Waals surface area contributed by atoms with Crippen molar-refractivity contribution in [2.75, 3.05) is 13.1 Å². The Morgan fingerprint density at radius 3 is 2.61 bits per heavy atom. The van der Waals surface area contributed by atoms with E-state index >= 15 is 0 Å². The lowest BCUT2D eigenvalue weighted by molar-refractivity contribution is 0.0704. The van der Waals surface area contributed by atoms with Gasteiger partial charge in [-0.15, -0.1) is 11.3 Å². The second-order valence-electron chi connectivity index (χ2n) is 7.68. The number of likely N-dealkylation sites (tertiary alicyclic amines) is 1. The van der Waals surface area contributed by atoms with Crippen LogP contribution < -0.4 is 0 Å². The maximum atomic E-state index is 12.9. The smallest absolute Gasteiger partial charge is 0.253 e. The molecule has 0 spiro atoms. The van der Waals surface area contributed by atoms with Crippen molar-refractivity contribution in [2.24, 2.45) is 0 Å². The second-order valence-corrected chi connectivity index (χ2v) is 9.93. The summed E-state index contributed by atoms with van der Waals surface area (Å²) in [6, 6.07) is 16.2. The van der Waals surface area contributed by atoms with E-state index in [-0.39, 0.29) is 11.8 Å². The van der Waals surface area contributed by atoms with Gasteiger partial charge in [0.15, 0.2) is 10.2 Å². The van der Waals surface area contributed by atoms with Crippen LogP contribution in [0.1, 0.15) is 46.4 Å². The molecule has 4 aromatic rings. The Morgan fingerprint density at radius 2 is 1.90 bits per heavy atom. The van der Waals surface area contributed by atoms with Gasteiger partial charge < -0.3 is 9.42 Å². The first-order valence-corrected chi connectivity index (χ1v) is 12.1. The van der Waals surface area contributed by atoms with Gasteiger partial charge in [-0.1, -0.05) is 41.2 Å². The van der Waals surface area contributed by atoms with Crippen molar-refractivity contribution in [1.29, 1.82) is 0 Å². The van der Waals surface area contributed by atoms with Crippen LogP contribution in [-0.4, -0.2) is 39.0 Å². The van der Waals surface area contributed by atoms with E-state index in [9.17, 15) is 4.79 Å². The van der Waals surface area contributed by atoms with Crippen molar-refractivity contribution in [3.05, 3.63) is 71.4 Å². The summed E-state index contributed by atoms with van der Waals surface area (Å²) in [4.78, 5) is 23.8. The molecule has 158 valence electrons. The van der Waals surface area contributed by atoms with Gasteiger partial charge in [-0.2, -0.15) is 4.98 Å². The van der Waals surface area contributed by atoms with Crippen LogP contribution in [0.25, 0.3) is 10.2 Å². The molecule has 8 heteroatoms. The average molecular weight is 451 g/mol. The zero-order valence-electron chi connectivity index (χ0n) is 17.2. The number of carbonyl (C=O) groups excluding carboxylic acids is 1. The van der Waals surface area contributed by atoms with Crippen LogP contribution in [0.4, 0.5) is 0 Å². The molecule has 31 heavy (non-hydrogen) atoms. The summed E-state index contributed by atoms with van der Waals surface area (Å²) in [5.41, 5.74) is 2.97.